The molecule has 1 heterocycles. The molecule has 4 rings (SSSR count). The molecule has 0 atom stereocenters. The molecule has 0 aliphatic rings. The number of fused-ring (bicyclic) bond motifs is 1. The van der Waals surface area contributed by atoms with Crippen LogP contribution in [-0.2, 0) is 0 Å². The molecule has 0 aliphatic carbocycles. The van der Waals surface area contributed by atoms with Crippen LogP contribution < -0.4 is 0 Å². The lowest BCUT2D eigenvalue weighted by Crippen LogP contribution is -1.84. The number of hydrogen-bond donors (Lipinski definition) is 0. The summed E-state index contributed by atoms with van der Waals surface area (Å²) in [6.07, 6.45) is 0. The molecule has 0 spiro atoms. The van der Waals surface area contributed by atoms with E-state index >= 15 is 0 Å². The van der Waals surface area contributed by atoms with Crippen molar-refractivity contribution in [1.82, 2.24) is 9.59 Å². The first-order valence-corrected chi connectivity index (χ1v) is 7.57. The first-order valence-electron chi connectivity index (χ1n) is 6.79. The largest absolute Gasteiger partial charge is 0.137 e. The molecule has 4 aromatic rings. The second-order valence-corrected chi connectivity index (χ2v) is 5.60. The van der Waals surface area contributed by atoms with Crippen molar-refractivity contribution in [2.24, 2.45) is 0 Å². The summed E-state index contributed by atoms with van der Waals surface area (Å²) in [5.41, 5.74) is 5.69. The van der Waals surface area contributed by atoms with E-state index < -0.39 is 0 Å². The minimum absolute atomic E-state index is 0.979. The summed E-state index contributed by atoms with van der Waals surface area (Å²) >= 11 is 1.46. The van der Waals surface area contributed by atoms with Gasteiger partial charge in [0, 0.05) is 11.1 Å². The summed E-state index contributed by atoms with van der Waals surface area (Å²) in [7, 11) is 0. The van der Waals surface area contributed by atoms with Crippen molar-refractivity contribution in [3.05, 3.63) is 72.8 Å². The average Bonchev–Trinajstić information content (AvgIpc) is 3.05. The monoisotopic (exact) mass is 288 g/mol. The maximum atomic E-state index is 4.35. The Balaban J connectivity index is 1.97. The van der Waals surface area contributed by atoms with Crippen molar-refractivity contribution in [3.8, 4) is 22.3 Å². The fourth-order valence-electron chi connectivity index (χ4n) is 2.56. The van der Waals surface area contributed by atoms with Crippen molar-refractivity contribution in [2.75, 3.05) is 0 Å². The van der Waals surface area contributed by atoms with E-state index in [-0.39, 0.29) is 0 Å². The van der Waals surface area contributed by atoms with Gasteiger partial charge in [0.1, 0.15) is 5.52 Å². The predicted octanol–water partition coefficient (Wildman–Crippen LogP) is 5.03. The van der Waals surface area contributed by atoms with Gasteiger partial charge >= 0.3 is 0 Å². The molecule has 0 N–H and O–H groups in total. The van der Waals surface area contributed by atoms with Crippen LogP contribution in [0.4, 0.5) is 0 Å². The zero-order chi connectivity index (χ0) is 14.1. The van der Waals surface area contributed by atoms with Crippen molar-refractivity contribution >= 4 is 21.7 Å². The highest BCUT2D eigenvalue weighted by Gasteiger charge is 2.12. The second-order valence-electron chi connectivity index (χ2n) is 4.84. The van der Waals surface area contributed by atoms with Gasteiger partial charge in [0.2, 0.25) is 0 Å². The molecule has 3 aromatic carbocycles. The topological polar surface area (TPSA) is 25.8 Å². The Morgan fingerprint density at radius 3 is 1.86 bits per heavy atom. The standard InChI is InChI=1S/C18H12N2S/c1-3-7-13(8-4-1)15-11-12-16(14-9-5-2-6-10-14)18-17(15)19-20-21-18/h1-12H. The molecular formula is C18H12N2S. The Hall–Kier alpha value is -2.52. The van der Waals surface area contributed by atoms with Gasteiger partial charge in [0.25, 0.3) is 0 Å². The van der Waals surface area contributed by atoms with Crippen molar-refractivity contribution in [1.29, 1.82) is 0 Å². The molecule has 0 saturated carbocycles. The van der Waals surface area contributed by atoms with Crippen LogP contribution >= 0.6 is 11.5 Å². The number of nitrogens with zero attached hydrogens (tertiary/aromatic N) is 2. The lowest BCUT2D eigenvalue weighted by molar-refractivity contribution is 1.20. The van der Waals surface area contributed by atoms with Gasteiger partial charge in [-0.1, -0.05) is 77.3 Å². The Bertz CT molecular complexity index is 809. The third-order valence-electron chi connectivity index (χ3n) is 3.57. The molecule has 0 aliphatic heterocycles. The highest BCUT2D eigenvalue weighted by molar-refractivity contribution is 7.13. The molecule has 3 heteroatoms. The molecule has 0 amide bonds. The molecule has 0 fully saturated rings. The number of rotatable bonds is 2. The van der Waals surface area contributed by atoms with Crippen LogP contribution in [0.1, 0.15) is 0 Å². The van der Waals surface area contributed by atoms with Crippen LogP contribution in [0.5, 0.6) is 0 Å². The van der Waals surface area contributed by atoms with Crippen LogP contribution in [0.25, 0.3) is 32.5 Å². The average molecular weight is 288 g/mol. The van der Waals surface area contributed by atoms with Gasteiger partial charge in [-0.2, -0.15) is 0 Å². The SMILES string of the molecule is c1ccc(-c2ccc(-c3ccccc3)c3snnc23)cc1. The molecule has 21 heavy (non-hydrogen) atoms. The van der Waals surface area contributed by atoms with Crippen LogP contribution in [0, 0.1) is 0 Å². The van der Waals surface area contributed by atoms with Crippen molar-refractivity contribution in [2.45, 2.75) is 0 Å². The second kappa shape index (κ2) is 5.11. The summed E-state index contributed by atoms with van der Waals surface area (Å²) in [5, 5.41) is 4.35. The maximum Gasteiger partial charge on any atom is 0.114 e. The van der Waals surface area contributed by atoms with Crippen LogP contribution in [0.15, 0.2) is 72.8 Å². The minimum atomic E-state index is 0.979. The predicted molar refractivity (Wildman–Crippen MR) is 88.3 cm³/mol. The highest BCUT2D eigenvalue weighted by atomic mass is 32.1. The summed E-state index contributed by atoms with van der Waals surface area (Å²) in [5.74, 6) is 0. The van der Waals surface area contributed by atoms with E-state index in [9.17, 15) is 0 Å². The number of hydrogen-bond acceptors (Lipinski definition) is 3. The van der Waals surface area contributed by atoms with E-state index in [0.717, 1.165) is 15.8 Å². The van der Waals surface area contributed by atoms with Gasteiger partial charge in [-0.05, 0) is 22.7 Å². The van der Waals surface area contributed by atoms with Crippen LogP contribution in [0.3, 0.4) is 0 Å². The third-order valence-corrected chi connectivity index (χ3v) is 4.33. The molecule has 1 aromatic heterocycles. The Kier molecular flexibility index (Phi) is 2.98. The zero-order valence-corrected chi connectivity index (χ0v) is 12.0. The van der Waals surface area contributed by atoms with E-state index in [1.54, 1.807) is 0 Å². The lowest BCUT2D eigenvalue weighted by atomic mass is 9.99. The van der Waals surface area contributed by atoms with E-state index in [1.807, 2.05) is 24.3 Å². The van der Waals surface area contributed by atoms with Gasteiger partial charge in [-0.25, -0.2) is 0 Å². The Morgan fingerprint density at radius 1 is 0.619 bits per heavy atom. The summed E-state index contributed by atoms with van der Waals surface area (Å²) in [4.78, 5) is 0. The summed E-state index contributed by atoms with van der Waals surface area (Å²) in [6.45, 7) is 0. The lowest BCUT2D eigenvalue weighted by Gasteiger charge is -2.06. The van der Waals surface area contributed by atoms with Crippen molar-refractivity contribution < 1.29 is 0 Å². The molecular weight excluding hydrogens is 276 g/mol. The Labute approximate surface area is 126 Å². The van der Waals surface area contributed by atoms with E-state index in [1.165, 1.54) is 28.2 Å². The normalized spacial score (nSPS) is 10.9. The van der Waals surface area contributed by atoms with Crippen LogP contribution in [-0.4, -0.2) is 9.59 Å². The smallest absolute Gasteiger partial charge is 0.114 e. The molecule has 100 valence electrons. The van der Waals surface area contributed by atoms with Gasteiger partial charge < -0.3 is 0 Å². The zero-order valence-electron chi connectivity index (χ0n) is 11.2. The summed E-state index contributed by atoms with van der Waals surface area (Å²) < 4.78 is 5.31. The highest BCUT2D eigenvalue weighted by Crippen LogP contribution is 2.36. The van der Waals surface area contributed by atoms with Gasteiger partial charge in [-0.3, -0.25) is 0 Å². The number of benzene rings is 3. The van der Waals surface area contributed by atoms with Gasteiger partial charge in [-0.15, -0.1) is 5.10 Å². The molecule has 0 saturated heterocycles. The van der Waals surface area contributed by atoms with Crippen molar-refractivity contribution in [3.63, 3.8) is 0 Å². The number of aromatic nitrogens is 2. The minimum Gasteiger partial charge on any atom is -0.137 e. The summed E-state index contributed by atoms with van der Waals surface area (Å²) in [6, 6.07) is 25.0. The van der Waals surface area contributed by atoms with E-state index in [0.29, 0.717) is 0 Å². The van der Waals surface area contributed by atoms with Gasteiger partial charge in [0.15, 0.2) is 0 Å². The molecule has 0 bridgehead atoms. The third kappa shape index (κ3) is 2.12. The molecule has 0 unspecified atom stereocenters. The maximum absolute atomic E-state index is 4.35. The first-order chi connectivity index (χ1) is 10.4. The molecule has 0 radical (unpaired) electrons. The first kappa shape index (κ1) is 12.2. The Morgan fingerprint density at radius 2 is 1.19 bits per heavy atom. The fraction of sp³-hybridized carbons (Fsp3) is 0. The van der Waals surface area contributed by atoms with E-state index in [2.05, 4.69) is 58.1 Å². The molecule has 2 nitrogen and oxygen atoms in total. The van der Waals surface area contributed by atoms with Gasteiger partial charge in [0.05, 0.1) is 4.70 Å². The fourth-order valence-corrected chi connectivity index (χ4v) is 3.29. The van der Waals surface area contributed by atoms with E-state index in [4.69, 9.17) is 0 Å². The van der Waals surface area contributed by atoms with Crippen LogP contribution in [0.2, 0.25) is 0 Å². The quantitative estimate of drug-likeness (QED) is 0.517.